The molecule has 0 saturated carbocycles. The molecule has 0 fully saturated rings. The molecule has 1 aromatic heterocycles. The fraction of sp³-hybridized carbons (Fsp3) is 0.200. The molecule has 72 valence electrons. The van der Waals surface area contributed by atoms with Crippen molar-refractivity contribution in [2.75, 3.05) is 0 Å². The second kappa shape index (κ2) is 4.02. The standard InChI is InChI=1S/C10H12N4/c11-7-10-12-9(13-14-10)6-8-4-2-1-3-5-8/h1-5H,6-7,11H2,(H,12,13,14). The second-order valence-corrected chi connectivity index (χ2v) is 3.06. The van der Waals surface area contributed by atoms with Crippen LogP contribution in [0.4, 0.5) is 0 Å². The Kier molecular flexibility index (Phi) is 2.55. The molecule has 0 saturated heterocycles. The van der Waals surface area contributed by atoms with Gasteiger partial charge in [0.1, 0.15) is 5.82 Å². The topological polar surface area (TPSA) is 67.6 Å². The van der Waals surface area contributed by atoms with Crippen LogP contribution in [-0.2, 0) is 13.0 Å². The lowest BCUT2D eigenvalue weighted by Crippen LogP contribution is -1.98. The minimum atomic E-state index is 0.380. The summed E-state index contributed by atoms with van der Waals surface area (Å²) in [4.78, 5) is 4.23. The van der Waals surface area contributed by atoms with Crippen molar-refractivity contribution in [1.82, 2.24) is 15.2 Å². The summed E-state index contributed by atoms with van der Waals surface area (Å²) in [5, 5.41) is 6.83. The molecular formula is C10H12N4. The van der Waals surface area contributed by atoms with Crippen LogP contribution >= 0.6 is 0 Å². The van der Waals surface area contributed by atoms with E-state index in [0.717, 1.165) is 12.2 Å². The van der Waals surface area contributed by atoms with Crippen LogP contribution in [0.2, 0.25) is 0 Å². The van der Waals surface area contributed by atoms with E-state index in [-0.39, 0.29) is 0 Å². The molecule has 0 aliphatic rings. The Bertz CT molecular complexity index is 394. The molecule has 4 nitrogen and oxygen atoms in total. The fourth-order valence-electron chi connectivity index (χ4n) is 1.29. The number of benzene rings is 1. The minimum Gasteiger partial charge on any atom is -0.324 e. The number of H-pyrrole nitrogens is 1. The van der Waals surface area contributed by atoms with Crippen molar-refractivity contribution in [3.63, 3.8) is 0 Å². The van der Waals surface area contributed by atoms with E-state index >= 15 is 0 Å². The van der Waals surface area contributed by atoms with E-state index in [9.17, 15) is 0 Å². The van der Waals surface area contributed by atoms with E-state index in [1.807, 2.05) is 18.2 Å². The molecule has 14 heavy (non-hydrogen) atoms. The molecule has 0 unspecified atom stereocenters. The van der Waals surface area contributed by atoms with E-state index in [1.54, 1.807) is 0 Å². The number of nitrogens with zero attached hydrogens (tertiary/aromatic N) is 2. The van der Waals surface area contributed by atoms with Crippen molar-refractivity contribution >= 4 is 0 Å². The quantitative estimate of drug-likeness (QED) is 0.750. The summed E-state index contributed by atoms with van der Waals surface area (Å²) in [6.45, 7) is 0.380. The lowest BCUT2D eigenvalue weighted by molar-refractivity contribution is 0.916. The third-order valence-electron chi connectivity index (χ3n) is 1.97. The Morgan fingerprint density at radius 3 is 2.64 bits per heavy atom. The van der Waals surface area contributed by atoms with Crippen molar-refractivity contribution in [2.24, 2.45) is 5.73 Å². The fourth-order valence-corrected chi connectivity index (χ4v) is 1.29. The van der Waals surface area contributed by atoms with Crippen LogP contribution in [0.15, 0.2) is 30.3 Å². The lowest BCUT2D eigenvalue weighted by atomic mass is 10.1. The van der Waals surface area contributed by atoms with Crippen LogP contribution in [0.5, 0.6) is 0 Å². The highest BCUT2D eigenvalue weighted by Crippen LogP contribution is 2.04. The van der Waals surface area contributed by atoms with Gasteiger partial charge in [0.05, 0.1) is 6.54 Å². The van der Waals surface area contributed by atoms with Crippen LogP contribution < -0.4 is 5.73 Å². The molecule has 1 aromatic carbocycles. The third kappa shape index (κ3) is 1.97. The average Bonchev–Trinajstić information content (AvgIpc) is 2.67. The number of nitrogens with two attached hydrogens (primary N) is 1. The number of nitrogens with one attached hydrogen (secondary N) is 1. The monoisotopic (exact) mass is 188 g/mol. The highest BCUT2D eigenvalue weighted by molar-refractivity contribution is 5.18. The molecule has 0 atom stereocenters. The Morgan fingerprint density at radius 2 is 2.00 bits per heavy atom. The highest BCUT2D eigenvalue weighted by atomic mass is 15.2. The van der Waals surface area contributed by atoms with Crippen molar-refractivity contribution in [3.8, 4) is 0 Å². The first kappa shape index (κ1) is 8.90. The van der Waals surface area contributed by atoms with E-state index in [0.29, 0.717) is 12.4 Å². The molecule has 0 radical (unpaired) electrons. The molecular weight excluding hydrogens is 176 g/mol. The SMILES string of the molecule is NCc1n[nH]c(Cc2ccccc2)n1. The molecule has 2 rings (SSSR count). The van der Waals surface area contributed by atoms with Gasteiger partial charge in [-0.15, -0.1) is 0 Å². The Morgan fingerprint density at radius 1 is 1.21 bits per heavy atom. The van der Waals surface area contributed by atoms with Gasteiger partial charge >= 0.3 is 0 Å². The number of aromatic amines is 1. The zero-order valence-electron chi connectivity index (χ0n) is 7.77. The normalized spacial score (nSPS) is 10.4. The Labute approximate surface area is 82.2 Å². The number of hydrogen-bond acceptors (Lipinski definition) is 3. The summed E-state index contributed by atoms with van der Waals surface area (Å²) < 4.78 is 0. The zero-order chi connectivity index (χ0) is 9.80. The maximum absolute atomic E-state index is 5.41. The van der Waals surface area contributed by atoms with E-state index < -0.39 is 0 Å². The summed E-state index contributed by atoms with van der Waals surface area (Å²) in [5.74, 6) is 1.52. The van der Waals surface area contributed by atoms with Crippen LogP contribution in [0.3, 0.4) is 0 Å². The van der Waals surface area contributed by atoms with Gasteiger partial charge in [-0.05, 0) is 5.56 Å². The predicted octanol–water partition coefficient (Wildman–Crippen LogP) is 0.854. The first-order valence-corrected chi connectivity index (χ1v) is 4.52. The van der Waals surface area contributed by atoms with Gasteiger partial charge in [-0.2, -0.15) is 5.10 Å². The van der Waals surface area contributed by atoms with Crippen molar-refractivity contribution in [3.05, 3.63) is 47.5 Å². The van der Waals surface area contributed by atoms with Crippen LogP contribution in [0, 0.1) is 0 Å². The minimum absolute atomic E-state index is 0.380. The number of rotatable bonds is 3. The van der Waals surface area contributed by atoms with E-state index in [2.05, 4.69) is 27.3 Å². The molecule has 4 heteroatoms. The van der Waals surface area contributed by atoms with Crippen molar-refractivity contribution in [1.29, 1.82) is 0 Å². The molecule has 0 aliphatic heterocycles. The molecule has 0 aliphatic carbocycles. The summed E-state index contributed by atoms with van der Waals surface area (Å²) in [6.07, 6.45) is 0.772. The van der Waals surface area contributed by atoms with Gasteiger partial charge in [0.15, 0.2) is 5.82 Å². The van der Waals surface area contributed by atoms with Gasteiger partial charge in [0.25, 0.3) is 0 Å². The Hall–Kier alpha value is -1.68. The summed E-state index contributed by atoms with van der Waals surface area (Å²) in [6, 6.07) is 10.1. The second-order valence-electron chi connectivity index (χ2n) is 3.06. The van der Waals surface area contributed by atoms with Gasteiger partial charge in [-0.1, -0.05) is 30.3 Å². The summed E-state index contributed by atoms with van der Waals surface area (Å²) in [7, 11) is 0. The molecule has 1 heterocycles. The first-order chi connectivity index (χ1) is 6.88. The van der Waals surface area contributed by atoms with Crippen molar-refractivity contribution < 1.29 is 0 Å². The van der Waals surface area contributed by atoms with Crippen molar-refractivity contribution in [2.45, 2.75) is 13.0 Å². The van der Waals surface area contributed by atoms with Crippen LogP contribution in [0.25, 0.3) is 0 Å². The van der Waals surface area contributed by atoms with Crippen LogP contribution in [0.1, 0.15) is 17.2 Å². The molecule has 0 amide bonds. The van der Waals surface area contributed by atoms with Gasteiger partial charge in [-0.3, -0.25) is 5.10 Å². The number of aromatic nitrogens is 3. The van der Waals surface area contributed by atoms with Gasteiger partial charge < -0.3 is 5.73 Å². The Balaban J connectivity index is 2.11. The molecule has 0 spiro atoms. The maximum atomic E-state index is 5.41. The van der Waals surface area contributed by atoms with Gasteiger partial charge in [-0.25, -0.2) is 4.98 Å². The van der Waals surface area contributed by atoms with Gasteiger partial charge in [0, 0.05) is 6.42 Å². The average molecular weight is 188 g/mol. The van der Waals surface area contributed by atoms with Gasteiger partial charge in [0.2, 0.25) is 0 Å². The third-order valence-corrected chi connectivity index (χ3v) is 1.97. The summed E-state index contributed by atoms with van der Waals surface area (Å²) in [5.41, 5.74) is 6.63. The molecule has 3 N–H and O–H groups in total. The summed E-state index contributed by atoms with van der Waals surface area (Å²) >= 11 is 0. The lowest BCUT2D eigenvalue weighted by Gasteiger charge is -1.95. The van der Waals surface area contributed by atoms with E-state index in [1.165, 1.54) is 5.56 Å². The number of hydrogen-bond donors (Lipinski definition) is 2. The molecule has 2 aromatic rings. The maximum Gasteiger partial charge on any atom is 0.164 e. The smallest absolute Gasteiger partial charge is 0.164 e. The predicted molar refractivity (Wildman–Crippen MR) is 53.5 cm³/mol. The largest absolute Gasteiger partial charge is 0.324 e. The zero-order valence-corrected chi connectivity index (χ0v) is 7.77. The molecule has 0 bridgehead atoms. The van der Waals surface area contributed by atoms with E-state index in [4.69, 9.17) is 5.73 Å². The van der Waals surface area contributed by atoms with Crippen LogP contribution in [-0.4, -0.2) is 15.2 Å². The first-order valence-electron chi connectivity index (χ1n) is 4.52. The highest BCUT2D eigenvalue weighted by Gasteiger charge is 2.01.